The van der Waals surface area contributed by atoms with E-state index in [-0.39, 0.29) is 11.6 Å². The second kappa shape index (κ2) is 16.9. The van der Waals surface area contributed by atoms with E-state index < -0.39 is 0 Å². The maximum atomic E-state index is 12.6. The average Bonchev–Trinajstić information content (AvgIpc) is 3.30. The van der Waals surface area contributed by atoms with Crippen LogP contribution in [0.15, 0.2) is 84.0 Å². The van der Waals surface area contributed by atoms with Gasteiger partial charge in [-0.25, -0.2) is 0 Å². The summed E-state index contributed by atoms with van der Waals surface area (Å²) in [7, 11) is 0. The predicted octanol–water partition coefficient (Wildman–Crippen LogP) is 9.65. The fourth-order valence-corrected chi connectivity index (χ4v) is 5.22. The van der Waals surface area contributed by atoms with E-state index in [9.17, 15) is 9.59 Å². The second-order valence-electron chi connectivity index (χ2n) is 10.6. The largest absolute Gasteiger partial charge is 0.300 e. The highest BCUT2D eigenvalue weighted by molar-refractivity contribution is 5.90. The third kappa shape index (κ3) is 11.5. The normalized spacial score (nSPS) is 19.5. The van der Waals surface area contributed by atoms with Crippen molar-refractivity contribution in [3.05, 3.63) is 89.6 Å². The van der Waals surface area contributed by atoms with E-state index in [4.69, 9.17) is 0 Å². The Kier molecular flexibility index (Phi) is 13.9. The number of allylic oxidation sites excluding steroid dienone is 10. The van der Waals surface area contributed by atoms with Crippen LogP contribution in [0.1, 0.15) is 98.0 Å². The molecule has 2 unspecified atom stereocenters. The Morgan fingerprint density at radius 1 is 1.00 bits per heavy atom. The first kappa shape index (κ1) is 30.5. The molecule has 0 amide bonds. The molecule has 0 saturated heterocycles. The van der Waals surface area contributed by atoms with Gasteiger partial charge >= 0.3 is 0 Å². The number of rotatable bonds is 16. The molecular formula is C35H48O2. The zero-order chi connectivity index (χ0) is 27.0. The third-order valence-electron chi connectivity index (χ3n) is 7.48. The third-order valence-corrected chi connectivity index (χ3v) is 7.48. The van der Waals surface area contributed by atoms with Gasteiger partial charge < -0.3 is 4.79 Å². The van der Waals surface area contributed by atoms with Gasteiger partial charge in [0.05, 0.1) is 0 Å². The van der Waals surface area contributed by atoms with E-state index in [1.54, 1.807) is 13.0 Å². The molecule has 37 heavy (non-hydrogen) atoms. The minimum Gasteiger partial charge on any atom is -0.300 e. The molecule has 1 aliphatic carbocycles. The molecule has 2 heteroatoms. The molecule has 0 aromatic heterocycles. The summed E-state index contributed by atoms with van der Waals surface area (Å²) in [6.07, 6.45) is 23.1. The van der Waals surface area contributed by atoms with Crippen LogP contribution in [-0.2, 0) is 9.59 Å². The van der Waals surface area contributed by atoms with Gasteiger partial charge in [0, 0.05) is 12.8 Å². The van der Waals surface area contributed by atoms with Crippen LogP contribution < -0.4 is 0 Å². The van der Waals surface area contributed by atoms with Crippen LogP contribution >= 0.6 is 0 Å². The van der Waals surface area contributed by atoms with E-state index in [0.29, 0.717) is 30.6 Å². The lowest BCUT2D eigenvalue weighted by atomic mass is 9.84. The Balaban J connectivity index is 1.85. The van der Waals surface area contributed by atoms with Gasteiger partial charge in [-0.05, 0) is 92.9 Å². The Morgan fingerprint density at radius 3 is 2.38 bits per heavy atom. The molecule has 0 spiro atoms. The van der Waals surface area contributed by atoms with Crippen molar-refractivity contribution in [2.24, 2.45) is 17.8 Å². The fourth-order valence-electron chi connectivity index (χ4n) is 5.22. The predicted molar refractivity (Wildman–Crippen MR) is 159 cm³/mol. The van der Waals surface area contributed by atoms with Crippen LogP contribution in [0.2, 0.25) is 0 Å². The molecule has 0 aliphatic heterocycles. The van der Waals surface area contributed by atoms with Crippen molar-refractivity contribution in [1.82, 2.24) is 0 Å². The number of ketones is 2. The Labute approximate surface area is 226 Å². The fraction of sp³-hybridized carbons (Fsp3) is 0.486. The molecule has 0 saturated carbocycles. The molecule has 0 N–H and O–H groups in total. The van der Waals surface area contributed by atoms with Gasteiger partial charge in [-0.2, -0.15) is 0 Å². The highest BCUT2D eigenvalue weighted by Gasteiger charge is 2.27. The molecule has 0 radical (unpaired) electrons. The number of carbonyl (C=O) groups is 2. The van der Waals surface area contributed by atoms with Gasteiger partial charge in [-0.1, -0.05) is 99.6 Å². The minimum atomic E-state index is 0.198. The lowest BCUT2D eigenvalue weighted by Gasteiger charge is -2.21. The molecule has 3 atom stereocenters. The molecule has 1 aliphatic rings. The lowest BCUT2D eigenvalue weighted by Crippen LogP contribution is -2.12. The van der Waals surface area contributed by atoms with E-state index in [0.717, 1.165) is 37.7 Å². The minimum absolute atomic E-state index is 0.198. The molecule has 0 bridgehead atoms. The van der Waals surface area contributed by atoms with Crippen molar-refractivity contribution in [3.8, 4) is 0 Å². The standard InChI is InChI=1S/C35H48O2/c1-6-13-30(15-12-14-28(5)36)20-19-29(7-2)21-23-35(37)22-18-27(4)24-33-26-34(25-31(33)8-3)32-16-10-9-11-17-32/h7,9-11,13,16-17,19-21,23,26-27,31,33H,6,8,12,14-15,18,22,24-25H2,1-5H3/b20-19-,23-21+,29-7+,30-13+/t27-,31?,33?/m1/s1. The highest BCUT2D eigenvalue weighted by atomic mass is 16.1. The summed E-state index contributed by atoms with van der Waals surface area (Å²) < 4.78 is 0. The molecule has 1 aromatic carbocycles. The smallest absolute Gasteiger partial charge is 0.155 e. The summed E-state index contributed by atoms with van der Waals surface area (Å²) >= 11 is 0. The van der Waals surface area contributed by atoms with E-state index in [2.05, 4.69) is 75.4 Å². The summed E-state index contributed by atoms with van der Waals surface area (Å²) in [6.45, 7) is 10.4. The Bertz CT molecular complexity index is 1000. The Hall–Kier alpha value is -2.74. The first-order chi connectivity index (χ1) is 17.9. The van der Waals surface area contributed by atoms with Crippen LogP contribution in [0.3, 0.4) is 0 Å². The molecule has 1 aromatic rings. The number of carbonyl (C=O) groups excluding carboxylic acids is 2. The molecule has 0 heterocycles. The van der Waals surface area contributed by atoms with Gasteiger partial charge in [0.25, 0.3) is 0 Å². The van der Waals surface area contributed by atoms with E-state index in [1.807, 2.05) is 19.1 Å². The van der Waals surface area contributed by atoms with Crippen molar-refractivity contribution in [2.75, 3.05) is 0 Å². The van der Waals surface area contributed by atoms with Crippen molar-refractivity contribution >= 4 is 17.1 Å². The zero-order valence-corrected chi connectivity index (χ0v) is 23.8. The first-order valence-corrected chi connectivity index (χ1v) is 14.4. The van der Waals surface area contributed by atoms with Gasteiger partial charge in [0.2, 0.25) is 0 Å². The van der Waals surface area contributed by atoms with E-state index >= 15 is 0 Å². The van der Waals surface area contributed by atoms with Crippen LogP contribution in [0, 0.1) is 17.8 Å². The molecule has 200 valence electrons. The van der Waals surface area contributed by atoms with Crippen molar-refractivity contribution < 1.29 is 9.59 Å². The summed E-state index contributed by atoms with van der Waals surface area (Å²) in [6, 6.07) is 10.8. The van der Waals surface area contributed by atoms with Crippen LogP contribution in [0.4, 0.5) is 0 Å². The highest BCUT2D eigenvalue weighted by Crippen LogP contribution is 2.41. The number of Topliss-reactive ketones (excluding diaryl/α,β-unsaturated/α-hetero) is 1. The summed E-state index contributed by atoms with van der Waals surface area (Å²) in [5.74, 6) is 2.30. The molecule has 0 fully saturated rings. The summed E-state index contributed by atoms with van der Waals surface area (Å²) in [4.78, 5) is 23.8. The lowest BCUT2D eigenvalue weighted by molar-refractivity contribution is -0.117. The SMILES string of the molecule is C/C=C(\C=C/C(=C/CC)CCCC(C)=O)/C=C/C(=O)CC[C@@H](C)CC1C=C(c2ccccc2)CC1CC. The zero-order valence-electron chi connectivity index (χ0n) is 23.8. The van der Waals surface area contributed by atoms with Crippen LogP contribution in [-0.4, -0.2) is 11.6 Å². The molecular weight excluding hydrogens is 452 g/mol. The monoisotopic (exact) mass is 500 g/mol. The van der Waals surface area contributed by atoms with Gasteiger partial charge in [-0.3, -0.25) is 4.79 Å². The van der Waals surface area contributed by atoms with Gasteiger partial charge in [0.1, 0.15) is 5.78 Å². The van der Waals surface area contributed by atoms with Gasteiger partial charge in [-0.15, -0.1) is 0 Å². The van der Waals surface area contributed by atoms with Crippen LogP contribution in [0.5, 0.6) is 0 Å². The topological polar surface area (TPSA) is 34.1 Å². The number of hydrogen-bond acceptors (Lipinski definition) is 2. The maximum absolute atomic E-state index is 12.6. The van der Waals surface area contributed by atoms with Crippen molar-refractivity contribution in [3.63, 3.8) is 0 Å². The quantitative estimate of drug-likeness (QED) is 0.167. The molecule has 2 rings (SSSR count). The van der Waals surface area contributed by atoms with E-state index in [1.165, 1.54) is 29.6 Å². The van der Waals surface area contributed by atoms with Gasteiger partial charge in [0.15, 0.2) is 5.78 Å². The molecule has 2 nitrogen and oxygen atoms in total. The van der Waals surface area contributed by atoms with Crippen molar-refractivity contribution in [2.45, 2.75) is 92.4 Å². The average molecular weight is 501 g/mol. The number of hydrogen-bond donors (Lipinski definition) is 0. The maximum Gasteiger partial charge on any atom is 0.155 e. The number of benzene rings is 1. The Morgan fingerprint density at radius 2 is 1.73 bits per heavy atom. The summed E-state index contributed by atoms with van der Waals surface area (Å²) in [5.41, 5.74) is 5.13. The van der Waals surface area contributed by atoms with Crippen molar-refractivity contribution in [1.29, 1.82) is 0 Å². The first-order valence-electron chi connectivity index (χ1n) is 14.4. The summed E-state index contributed by atoms with van der Waals surface area (Å²) in [5, 5.41) is 0. The second-order valence-corrected chi connectivity index (χ2v) is 10.6. The van der Waals surface area contributed by atoms with Crippen LogP contribution in [0.25, 0.3) is 5.57 Å².